The van der Waals surface area contributed by atoms with E-state index in [1.807, 2.05) is 32.9 Å². The summed E-state index contributed by atoms with van der Waals surface area (Å²) in [7, 11) is 0. The fourth-order valence-electron chi connectivity index (χ4n) is 2.64. The smallest absolute Gasteiger partial charge is 0.344 e. The monoisotopic (exact) mass is 375 g/mol. The first kappa shape index (κ1) is 19.8. The van der Waals surface area contributed by atoms with Crippen molar-refractivity contribution in [3.63, 3.8) is 0 Å². The lowest BCUT2D eigenvalue weighted by molar-refractivity contribution is -0.149. The Kier molecular flexibility index (Phi) is 6.64. The number of anilines is 1. The average molecular weight is 376 g/mol. The van der Waals surface area contributed by atoms with E-state index in [0.29, 0.717) is 16.5 Å². The number of rotatable bonds is 6. The van der Waals surface area contributed by atoms with Gasteiger partial charge in [0.15, 0.2) is 13.2 Å². The molecule has 0 heterocycles. The molecule has 0 aliphatic rings. The van der Waals surface area contributed by atoms with Crippen LogP contribution in [0.3, 0.4) is 0 Å². The zero-order valence-electron chi connectivity index (χ0n) is 15.3. The molecule has 0 radical (unpaired) electrons. The van der Waals surface area contributed by atoms with Gasteiger partial charge in [0.25, 0.3) is 5.91 Å². The zero-order chi connectivity index (χ0) is 19.3. The van der Waals surface area contributed by atoms with Crippen molar-refractivity contribution in [1.82, 2.24) is 0 Å². The highest BCUT2D eigenvalue weighted by molar-refractivity contribution is 6.31. The molecular weight excluding hydrogens is 354 g/mol. The molecule has 0 aromatic heterocycles. The first-order chi connectivity index (χ1) is 12.3. The minimum absolute atomic E-state index is 0.256. The third-order valence-corrected chi connectivity index (χ3v) is 4.25. The summed E-state index contributed by atoms with van der Waals surface area (Å²) in [6.07, 6.45) is 0. The molecule has 0 saturated carbocycles. The van der Waals surface area contributed by atoms with Gasteiger partial charge in [0.1, 0.15) is 5.75 Å². The van der Waals surface area contributed by atoms with Gasteiger partial charge in [-0.05, 0) is 56.5 Å². The average Bonchev–Trinajstić information content (AvgIpc) is 2.56. The summed E-state index contributed by atoms with van der Waals surface area (Å²) >= 11 is 6.01. The molecule has 138 valence electrons. The van der Waals surface area contributed by atoms with Crippen LogP contribution in [0.2, 0.25) is 5.02 Å². The lowest BCUT2D eigenvalue weighted by Crippen LogP contribution is -2.24. The largest absolute Gasteiger partial charge is 0.481 e. The maximum atomic E-state index is 11.9. The molecule has 0 bridgehead atoms. The Balaban J connectivity index is 1.83. The maximum absolute atomic E-state index is 11.9. The molecule has 2 aromatic carbocycles. The van der Waals surface area contributed by atoms with Crippen molar-refractivity contribution in [2.24, 2.45) is 0 Å². The first-order valence-electron chi connectivity index (χ1n) is 8.19. The minimum Gasteiger partial charge on any atom is -0.481 e. The van der Waals surface area contributed by atoms with Crippen LogP contribution in [-0.2, 0) is 14.3 Å². The number of amides is 1. The quantitative estimate of drug-likeness (QED) is 0.771. The van der Waals surface area contributed by atoms with Crippen molar-refractivity contribution >= 4 is 29.2 Å². The molecule has 0 spiro atoms. The number of hydrogen-bond donors (Lipinski definition) is 1. The Labute approximate surface area is 158 Å². The molecule has 26 heavy (non-hydrogen) atoms. The lowest BCUT2D eigenvalue weighted by atomic mass is 10.1. The van der Waals surface area contributed by atoms with Gasteiger partial charge in [-0.1, -0.05) is 35.4 Å². The second-order valence-electron chi connectivity index (χ2n) is 6.14. The number of hydrogen-bond acceptors (Lipinski definition) is 4. The number of aryl methyl sites for hydroxylation is 3. The van der Waals surface area contributed by atoms with Crippen LogP contribution in [0.4, 0.5) is 5.69 Å². The van der Waals surface area contributed by atoms with Gasteiger partial charge < -0.3 is 14.8 Å². The van der Waals surface area contributed by atoms with Gasteiger partial charge in [0.05, 0.1) is 0 Å². The van der Waals surface area contributed by atoms with Crippen molar-refractivity contribution in [2.45, 2.75) is 27.7 Å². The van der Waals surface area contributed by atoms with Crippen LogP contribution in [0.25, 0.3) is 0 Å². The molecule has 0 unspecified atom stereocenters. The summed E-state index contributed by atoms with van der Waals surface area (Å²) in [5.41, 5.74) is 4.36. The highest BCUT2D eigenvalue weighted by Crippen LogP contribution is 2.24. The summed E-state index contributed by atoms with van der Waals surface area (Å²) in [6.45, 7) is 6.99. The Morgan fingerprint density at radius 2 is 1.69 bits per heavy atom. The van der Waals surface area contributed by atoms with Crippen molar-refractivity contribution in [3.05, 3.63) is 57.6 Å². The molecule has 0 saturated heterocycles. The van der Waals surface area contributed by atoms with E-state index in [-0.39, 0.29) is 13.2 Å². The van der Waals surface area contributed by atoms with E-state index in [1.54, 1.807) is 25.1 Å². The van der Waals surface area contributed by atoms with Gasteiger partial charge in [-0.2, -0.15) is 0 Å². The fourth-order valence-corrected chi connectivity index (χ4v) is 2.82. The Hall–Kier alpha value is -2.53. The van der Waals surface area contributed by atoms with E-state index >= 15 is 0 Å². The highest BCUT2D eigenvalue weighted by atomic mass is 35.5. The van der Waals surface area contributed by atoms with Crippen LogP contribution in [0.1, 0.15) is 22.3 Å². The van der Waals surface area contributed by atoms with Crippen molar-refractivity contribution < 1.29 is 19.1 Å². The van der Waals surface area contributed by atoms with E-state index in [9.17, 15) is 9.59 Å². The normalized spacial score (nSPS) is 10.3. The van der Waals surface area contributed by atoms with Crippen LogP contribution < -0.4 is 10.1 Å². The molecular formula is C20H22ClNO4. The second-order valence-corrected chi connectivity index (χ2v) is 6.54. The molecule has 0 atom stereocenters. The van der Waals surface area contributed by atoms with Crippen LogP contribution >= 0.6 is 11.6 Å². The molecule has 0 aliphatic heterocycles. The van der Waals surface area contributed by atoms with Gasteiger partial charge in [0, 0.05) is 10.7 Å². The maximum Gasteiger partial charge on any atom is 0.344 e. The van der Waals surface area contributed by atoms with Gasteiger partial charge >= 0.3 is 5.97 Å². The summed E-state index contributed by atoms with van der Waals surface area (Å²) in [4.78, 5) is 23.8. The van der Waals surface area contributed by atoms with Crippen molar-refractivity contribution in [3.8, 4) is 5.75 Å². The topological polar surface area (TPSA) is 64.6 Å². The van der Waals surface area contributed by atoms with Crippen LogP contribution in [0, 0.1) is 27.7 Å². The molecule has 6 heteroatoms. The van der Waals surface area contributed by atoms with Crippen LogP contribution in [0.15, 0.2) is 30.3 Å². The molecule has 2 rings (SSSR count). The van der Waals surface area contributed by atoms with Gasteiger partial charge in [-0.3, -0.25) is 4.79 Å². The van der Waals surface area contributed by atoms with Crippen molar-refractivity contribution in [1.29, 1.82) is 0 Å². The SMILES string of the molecule is Cc1cc(C)c(OCC(=O)OCC(=O)Nc2cccc(Cl)c2C)c(C)c1. The molecule has 0 aliphatic carbocycles. The molecule has 0 fully saturated rings. The number of nitrogens with one attached hydrogen (secondary N) is 1. The minimum atomic E-state index is -0.609. The molecule has 5 nitrogen and oxygen atoms in total. The summed E-state index contributed by atoms with van der Waals surface area (Å²) in [5.74, 6) is -0.389. The number of benzene rings is 2. The highest BCUT2D eigenvalue weighted by Gasteiger charge is 2.12. The Bertz CT molecular complexity index is 810. The van der Waals surface area contributed by atoms with Gasteiger partial charge in [-0.15, -0.1) is 0 Å². The fraction of sp³-hybridized carbons (Fsp3) is 0.300. The lowest BCUT2D eigenvalue weighted by Gasteiger charge is -2.13. The van der Waals surface area contributed by atoms with E-state index in [2.05, 4.69) is 5.32 Å². The van der Waals surface area contributed by atoms with Crippen LogP contribution in [-0.4, -0.2) is 25.1 Å². The second kappa shape index (κ2) is 8.72. The van der Waals surface area contributed by atoms with Gasteiger partial charge in [-0.25, -0.2) is 4.79 Å². The summed E-state index contributed by atoms with van der Waals surface area (Å²) < 4.78 is 10.5. The van der Waals surface area contributed by atoms with E-state index in [0.717, 1.165) is 22.3 Å². The van der Waals surface area contributed by atoms with E-state index in [4.69, 9.17) is 21.1 Å². The Morgan fingerprint density at radius 1 is 1.04 bits per heavy atom. The Morgan fingerprint density at radius 3 is 2.35 bits per heavy atom. The molecule has 1 N–H and O–H groups in total. The third-order valence-electron chi connectivity index (χ3n) is 3.85. The summed E-state index contributed by atoms with van der Waals surface area (Å²) in [5, 5.41) is 3.22. The number of carbonyl (C=O) groups is 2. The van der Waals surface area contributed by atoms with Crippen LogP contribution in [0.5, 0.6) is 5.75 Å². The third kappa shape index (κ3) is 5.23. The number of esters is 1. The van der Waals surface area contributed by atoms with E-state index in [1.165, 1.54) is 0 Å². The predicted octanol–water partition coefficient (Wildman–Crippen LogP) is 4.13. The number of carbonyl (C=O) groups excluding carboxylic acids is 2. The first-order valence-corrected chi connectivity index (χ1v) is 8.57. The standard InChI is InChI=1S/C20H22ClNO4/c1-12-8-13(2)20(14(3)9-12)26-11-19(24)25-10-18(23)22-17-7-5-6-16(21)15(17)4/h5-9H,10-11H2,1-4H3,(H,22,23). The van der Waals surface area contributed by atoms with Crippen molar-refractivity contribution in [2.75, 3.05) is 18.5 Å². The van der Waals surface area contributed by atoms with Gasteiger partial charge in [0.2, 0.25) is 0 Å². The molecule has 2 aromatic rings. The number of halogens is 1. The molecule has 1 amide bonds. The zero-order valence-corrected chi connectivity index (χ0v) is 16.1. The predicted molar refractivity (Wildman–Crippen MR) is 102 cm³/mol. The van der Waals surface area contributed by atoms with E-state index < -0.39 is 11.9 Å². The summed E-state index contributed by atoms with van der Waals surface area (Å²) in [6, 6.07) is 9.16. The number of ether oxygens (including phenoxy) is 2.